The maximum absolute atomic E-state index is 12.8. The number of amides is 4. The van der Waals surface area contributed by atoms with E-state index >= 15 is 0 Å². The normalized spacial score (nSPS) is 15.2. The minimum atomic E-state index is -1.18. The van der Waals surface area contributed by atoms with E-state index in [1.54, 1.807) is 0 Å². The van der Waals surface area contributed by atoms with Gasteiger partial charge < -0.3 is 43.6 Å². The van der Waals surface area contributed by atoms with Crippen LogP contribution in [-0.4, -0.2) is 78.0 Å². The van der Waals surface area contributed by atoms with E-state index in [-0.39, 0.29) is 12.8 Å². The Labute approximate surface area is 200 Å². The monoisotopic (exact) mass is 487 g/mol. The zero-order valence-electron chi connectivity index (χ0n) is 20.3. The summed E-state index contributed by atoms with van der Waals surface area (Å²) in [6.07, 6.45) is 2.74. The predicted molar refractivity (Wildman–Crippen MR) is 126 cm³/mol. The van der Waals surface area contributed by atoms with Crippen LogP contribution >= 0.6 is 0 Å². The van der Waals surface area contributed by atoms with E-state index < -0.39 is 59.8 Å². The van der Waals surface area contributed by atoms with E-state index in [4.69, 9.17) is 17.2 Å². The van der Waals surface area contributed by atoms with Crippen LogP contribution in [0.15, 0.2) is 0 Å². The Morgan fingerprint density at radius 3 is 1.50 bits per heavy atom. The van der Waals surface area contributed by atoms with Crippen molar-refractivity contribution in [3.05, 3.63) is 0 Å². The molecule has 0 saturated carbocycles. The maximum Gasteiger partial charge on any atom is 0.326 e. The van der Waals surface area contributed by atoms with E-state index in [2.05, 4.69) is 21.3 Å². The van der Waals surface area contributed by atoms with Crippen LogP contribution in [0.2, 0.25) is 0 Å². The number of carbonyl (C=O) groups is 5. The number of aliphatic carboxylic acids is 1. The first kappa shape index (κ1) is 31.2. The molecular weight excluding hydrogens is 446 g/mol. The summed E-state index contributed by atoms with van der Waals surface area (Å²) in [4.78, 5) is 60.8. The summed E-state index contributed by atoms with van der Waals surface area (Å²) in [7, 11) is 0. The first-order chi connectivity index (χ1) is 15.9. The number of carbonyl (C=O) groups excluding carboxylic acids is 4. The van der Waals surface area contributed by atoms with Gasteiger partial charge in [0.2, 0.25) is 23.6 Å². The van der Waals surface area contributed by atoms with Crippen LogP contribution in [0, 0.1) is 0 Å². The quantitative estimate of drug-likeness (QED) is 0.102. The van der Waals surface area contributed by atoms with Crippen molar-refractivity contribution < 1.29 is 29.1 Å². The van der Waals surface area contributed by atoms with Gasteiger partial charge in [0, 0.05) is 0 Å². The molecule has 0 aromatic carbocycles. The van der Waals surface area contributed by atoms with Gasteiger partial charge in [-0.05, 0) is 72.4 Å². The average molecular weight is 488 g/mol. The molecule has 0 aliphatic rings. The molecule has 0 saturated heterocycles. The van der Waals surface area contributed by atoms with Crippen LogP contribution in [0.3, 0.4) is 0 Å². The molecule has 13 nitrogen and oxygen atoms in total. The van der Waals surface area contributed by atoms with Gasteiger partial charge in [-0.3, -0.25) is 19.2 Å². The molecule has 13 heteroatoms. The van der Waals surface area contributed by atoms with Gasteiger partial charge in [-0.15, -0.1) is 0 Å². The van der Waals surface area contributed by atoms with Gasteiger partial charge in [0.25, 0.3) is 0 Å². The molecule has 0 aliphatic carbocycles. The van der Waals surface area contributed by atoms with Crippen molar-refractivity contribution in [3.63, 3.8) is 0 Å². The van der Waals surface area contributed by atoms with Gasteiger partial charge in [0.1, 0.15) is 24.2 Å². The minimum absolute atomic E-state index is 0.208. The number of nitrogens with two attached hydrogens (primary N) is 3. The number of hydrogen-bond acceptors (Lipinski definition) is 8. The van der Waals surface area contributed by atoms with Crippen molar-refractivity contribution in [1.29, 1.82) is 0 Å². The molecule has 0 unspecified atom stereocenters. The summed E-state index contributed by atoms with van der Waals surface area (Å²) >= 11 is 0. The van der Waals surface area contributed by atoms with Crippen molar-refractivity contribution >= 4 is 29.6 Å². The third-order valence-electron chi connectivity index (χ3n) is 5.06. The fourth-order valence-corrected chi connectivity index (χ4v) is 2.90. The molecule has 0 aromatic heterocycles. The van der Waals surface area contributed by atoms with Crippen molar-refractivity contribution in [1.82, 2.24) is 21.3 Å². The standard InChI is InChI=1S/C21H41N7O6/c1-12(24)17(29)25-13(2)18(30)26-14(3)19(31)27-15(8-4-6-10-22)20(32)28-16(21(33)34)9-5-7-11-23/h12-16H,4-11,22-24H2,1-3H3,(H,25,29)(H,26,30)(H,27,31)(H,28,32)(H,33,34)/t12-,13-,14-,15-,16-/m0/s1. The van der Waals surface area contributed by atoms with Crippen LogP contribution in [0.5, 0.6) is 0 Å². The van der Waals surface area contributed by atoms with Crippen molar-refractivity contribution in [3.8, 4) is 0 Å². The zero-order valence-corrected chi connectivity index (χ0v) is 20.3. The highest BCUT2D eigenvalue weighted by atomic mass is 16.4. The number of nitrogens with one attached hydrogen (secondary N) is 4. The van der Waals surface area contributed by atoms with Crippen LogP contribution in [0.25, 0.3) is 0 Å². The molecule has 0 aliphatic heterocycles. The molecule has 0 rings (SSSR count). The van der Waals surface area contributed by atoms with E-state index in [0.717, 1.165) is 0 Å². The summed E-state index contributed by atoms with van der Waals surface area (Å²) in [5.74, 6) is -3.58. The first-order valence-corrected chi connectivity index (χ1v) is 11.5. The van der Waals surface area contributed by atoms with Crippen LogP contribution in [0.1, 0.15) is 59.3 Å². The predicted octanol–water partition coefficient (Wildman–Crippen LogP) is -2.34. The SMILES string of the molecule is C[C@H](N)C(=O)N[C@@H](C)C(=O)N[C@@H](C)C(=O)N[C@@H](CCCCN)C(=O)N[C@@H](CCCCN)C(=O)O. The molecule has 11 N–H and O–H groups in total. The molecule has 5 atom stereocenters. The summed E-state index contributed by atoms with van der Waals surface area (Å²) in [6.45, 7) is 5.15. The molecule has 0 spiro atoms. The van der Waals surface area contributed by atoms with Gasteiger partial charge in [0.05, 0.1) is 6.04 Å². The molecule has 0 heterocycles. The number of carboxylic acid groups (broad SMARTS) is 1. The summed E-state index contributed by atoms with van der Waals surface area (Å²) in [5, 5.41) is 19.3. The lowest BCUT2D eigenvalue weighted by Crippen LogP contribution is -2.57. The smallest absolute Gasteiger partial charge is 0.326 e. The molecular formula is C21H41N7O6. The lowest BCUT2D eigenvalue weighted by molar-refractivity contribution is -0.142. The fourth-order valence-electron chi connectivity index (χ4n) is 2.90. The third-order valence-corrected chi connectivity index (χ3v) is 5.06. The van der Waals surface area contributed by atoms with Crippen LogP contribution < -0.4 is 38.5 Å². The van der Waals surface area contributed by atoms with Crippen molar-refractivity contribution in [2.75, 3.05) is 13.1 Å². The summed E-state index contributed by atoms with van der Waals surface area (Å²) < 4.78 is 0. The Morgan fingerprint density at radius 2 is 1.06 bits per heavy atom. The molecule has 4 amide bonds. The Morgan fingerprint density at radius 1 is 0.647 bits per heavy atom. The molecule has 34 heavy (non-hydrogen) atoms. The largest absolute Gasteiger partial charge is 0.480 e. The Hall–Kier alpha value is -2.77. The summed E-state index contributed by atoms with van der Waals surface area (Å²) in [6, 6.07) is -4.87. The lowest BCUT2D eigenvalue weighted by Gasteiger charge is -2.24. The van der Waals surface area contributed by atoms with Gasteiger partial charge in [-0.2, -0.15) is 0 Å². The minimum Gasteiger partial charge on any atom is -0.480 e. The first-order valence-electron chi connectivity index (χ1n) is 11.5. The second-order valence-corrected chi connectivity index (χ2v) is 8.28. The average Bonchev–Trinajstić information content (AvgIpc) is 2.77. The van der Waals surface area contributed by atoms with Crippen molar-refractivity contribution in [2.45, 2.75) is 89.5 Å². The van der Waals surface area contributed by atoms with Gasteiger partial charge in [0.15, 0.2) is 0 Å². The molecule has 0 aromatic rings. The number of hydrogen-bond donors (Lipinski definition) is 8. The number of carboxylic acids is 1. The topological polar surface area (TPSA) is 232 Å². The Bertz CT molecular complexity index is 689. The molecule has 0 radical (unpaired) electrons. The summed E-state index contributed by atoms with van der Waals surface area (Å²) in [5.41, 5.74) is 16.4. The second kappa shape index (κ2) is 16.8. The highest BCUT2D eigenvalue weighted by Gasteiger charge is 2.28. The second-order valence-electron chi connectivity index (χ2n) is 8.28. The van der Waals surface area contributed by atoms with Crippen molar-refractivity contribution in [2.24, 2.45) is 17.2 Å². The molecule has 0 bridgehead atoms. The Balaban J connectivity index is 5.11. The van der Waals surface area contributed by atoms with Gasteiger partial charge in [-0.1, -0.05) is 0 Å². The van der Waals surface area contributed by atoms with E-state index in [9.17, 15) is 29.1 Å². The number of rotatable bonds is 17. The Kier molecular flexibility index (Phi) is 15.4. The highest BCUT2D eigenvalue weighted by molar-refractivity contribution is 5.95. The molecule has 196 valence electrons. The third kappa shape index (κ3) is 12.5. The van der Waals surface area contributed by atoms with Gasteiger partial charge >= 0.3 is 5.97 Å². The van der Waals surface area contributed by atoms with E-state index in [1.165, 1.54) is 20.8 Å². The molecule has 0 fully saturated rings. The lowest BCUT2D eigenvalue weighted by atomic mass is 10.1. The highest BCUT2D eigenvalue weighted by Crippen LogP contribution is 2.06. The van der Waals surface area contributed by atoms with Crippen LogP contribution in [0.4, 0.5) is 0 Å². The maximum atomic E-state index is 12.8. The van der Waals surface area contributed by atoms with Gasteiger partial charge in [-0.25, -0.2) is 4.79 Å². The van der Waals surface area contributed by atoms with E-state index in [1.807, 2.05) is 0 Å². The zero-order chi connectivity index (χ0) is 26.3. The fraction of sp³-hybridized carbons (Fsp3) is 0.762. The van der Waals surface area contributed by atoms with Crippen LogP contribution in [-0.2, 0) is 24.0 Å². The van der Waals surface area contributed by atoms with E-state index in [0.29, 0.717) is 38.8 Å². The number of unbranched alkanes of at least 4 members (excludes halogenated alkanes) is 2.